The van der Waals surface area contributed by atoms with Crippen LogP contribution in [0.15, 0.2) is 24.3 Å². The van der Waals surface area contributed by atoms with Crippen molar-refractivity contribution in [1.29, 1.82) is 0 Å². The number of benzene rings is 1. The molecule has 1 rings (SSSR count). The normalized spacial score (nSPS) is 12.2. The van der Waals surface area contributed by atoms with Gasteiger partial charge in [0.15, 0.2) is 0 Å². The van der Waals surface area contributed by atoms with Crippen LogP contribution in [0, 0.1) is 6.92 Å². The summed E-state index contributed by atoms with van der Waals surface area (Å²) in [6.07, 6.45) is 1.30. The number of hydrogen-bond acceptors (Lipinski definition) is 3. The largest absolute Gasteiger partial charge is 0.466 e. The highest BCUT2D eigenvalue weighted by Gasteiger charge is 2.05. The van der Waals surface area contributed by atoms with E-state index in [4.69, 9.17) is 4.74 Å². The van der Waals surface area contributed by atoms with Crippen molar-refractivity contribution < 1.29 is 9.53 Å². The molecular weight excluding hydrogens is 226 g/mol. The molecule has 0 spiro atoms. The minimum Gasteiger partial charge on any atom is -0.466 e. The van der Waals surface area contributed by atoms with Crippen molar-refractivity contribution in [3.05, 3.63) is 35.4 Å². The van der Waals surface area contributed by atoms with E-state index in [1.165, 1.54) is 11.1 Å². The molecule has 1 aromatic rings. The molecule has 0 heterocycles. The minimum atomic E-state index is -0.109. The molecule has 0 aliphatic heterocycles. The highest BCUT2D eigenvalue weighted by molar-refractivity contribution is 5.69. The first kappa shape index (κ1) is 14.7. The Bertz CT molecular complexity index is 359. The molecule has 1 unspecified atom stereocenters. The standard InChI is InChI=1S/C15H23NO2/c1-4-18-15(17)6-5-11-16-13(3)14-9-7-12(2)8-10-14/h7-10,13,16H,4-6,11H2,1-3H3. The van der Waals surface area contributed by atoms with Gasteiger partial charge in [0.1, 0.15) is 0 Å². The highest BCUT2D eigenvalue weighted by atomic mass is 16.5. The van der Waals surface area contributed by atoms with Gasteiger partial charge in [0, 0.05) is 12.5 Å². The van der Waals surface area contributed by atoms with Gasteiger partial charge in [0.2, 0.25) is 0 Å². The average molecular weight is 249 g/mol. The summed E-state index contributed by atoms with van der Waals surface area (Å²) in [7, 11) is 0. The lowest BCUT2D eigenvalue weighted by atomic mass is 10.1. The molecule has 3 heteroatoms. The molecule has 0 aromatic heterocycles. The number of rotatable bonds is 7. The van der Waals surface area contributed by atoms with Gasteiger partial charge >= 0.3 is 5.97 Å². The van der Waals surface area contributed by atoms with E-state index in [1.807, 2.05) is 6.92 Å². The summed E-state index contributed by atoms with van der Waals surface area (Å²) < 4.78 is 4.88. The Balaban J connectivity index is 2.23. The quantitative estimate of drug-likeness (QED) is 0.596. The maximum absolute atomic E-state index is 11.1. The maximum Gasteiger partial charge on any atom is 0.305 e. The predicted octanol–water partition coefficient (Wildman–Crippen LogP) is 2.99. The van der Waals surface area contributed by atoms with Gasteiger partial charge in [-0.15, -0.1) is 0 Å². The van der Waals surface area contributed by atoms with Crippen LogP contribution in [0.3, 0.4) is 0 Å². The van der Waals surface area contributed by atoms with E-state index in [-0.39, 0.29) is 5.97 Å². The molecule has 0 radical (unpaired) electrons. The Morgan fingerprint density at radius 2 is 2.00 bits per heavy atom. The second kappa shape index (κ2) is 7.88. The molecule has 18 heavy (non-hydrogen) atoms. The number of ether oxygens (including phenoxy) is 1. The lowest BCUT2D eigenvalue weighted by Crippen LogP contribution is -2.20. The van der Waals surface area contributed by atoms with E-state index in [9.17, 15) is 4.79 Å². The van der Waals surface area contributed by atoms with Crippen LogP contribution in [-0.4, -0.2) is 19.1 Å². The van der Waals surface area contributed by atoms with Crippen molar-refractivity contribution in [2.24, 2.45) is 0 Å². The van der Waals surface area contributed by atoms with Crippen molar-refractivity contribution in [2.75, 3.05) is 13.2 Å². The summed E-state index contributed by atoms with van der Waals surface area (Å²) in [5.41, 5.74) is 2.55. The second-order valence-corrected chi connectivity index (χ2v) is 4.50. The maximum atomic E-state index is 11.1. The molecule has 0 fully saturated rings. The first-order chi connectivity index (χ1) is 8.63. The number of hydrogen-bond donors (Lipinski definition) is 1. The molecule has 0 amide bonds. The van der Waals surface area contributed by atoms with E-state index in [0.717, 1.165) is 13.0 Å². The smallest absolute Gasteiger partial charge is 0.305 e. The minimum absolute atomic E-state index is 0.109. The summed E-state index contributed by atoms with van der Waals surface area (Å²) >= 11 is 0. The zero-order chi connectivity index (χ0) is 13.4. The number of nitrogens with one attached hydrogen (secondary N) is 1. The monoisotopic (exact) mass is 249 g/mol. The van der Waals surface area contributed by atoms with Crippen LogP contribution < -0.4 is 5.32 Å². The number of carbonyl (C=O) groups is 1. The molecule has 1 N–H and O–H groups in total. The van der Waals surface area contributed by atoms with Gasteiger partial charge in [0.05, 0.1) is 6.61 Å². The number of esters is 1. The van der Waals surface area contributed by atoms with Crippen molar-refractivity contribution in [1.82, 2.24) is 5.32 Å². The van der Waals surface area contributed by atoms with Crippen LogP contribution in [0.25, 0.3) is 0 Å². The van der Waals surface area contributed by atoms with Crippen LogP contribution in [0.2, 0.25) is 0 Å². The fraction of sp³-hybridized carbons (Fsp3) is 0.533. The Morgan fingerprint density at radius 3 is 2.61 bits per heavy atom. The van der Waals surface area contributed by atoms with Crippen LogP contribution in [0.1, 0.15) is 43.9 Å². The fourth-order valence-electron chi connectivity index (χ4n) is 1.76. The van der Waals surface area contributed by atoms with E-state index in [2.05, 4.69) is 43.4 Å². The van der Waals surface area contributed by atoms with Crippen molar-refractivity contribution >= 4 is 5.97 Å². The third kappa shape index (κ3) is 5.32. The summed E-state index contributed by atoms with van der Waals surface area (Å²) in [6, 6.07) is 8.82. The predicted molar refractivity (Wildman–Crippen MR) is 73.5 cm³/mol. The lowest BCUT2D eigenvalue weighted by molar-refractivity contribution is -0.143. The van der Waals surface area contributed by atoms with Gasteiger partial charge in [-0.2, -0.15) is 0 Å². The molecule has 1 atom stereocenters. The molecule has 0 aliphatic rings. The first-order valence-electron chi connectivity index (χ1n) is 6.59. The lowest BCUT2D eigenvalue weighted by Gasteiger charge is -2.14. The van der Waals surface area contributed by atoms with Gasteiger partial charge in [-0.25, -0.2) is 0 Å². The van der Waals surface area contributed by atoms with Crippen LogP contribution >= 0.6 is 0 Å². The van der Waals surface area contributed by atoms with Crippen molar-refractivity contribution in [2.45, 2.75) is 39.7 Å². The summed E-state index contributed by atoms with van der Waals surface area (Å²) in [5, 5.41) is 3.41. The van der Waals surface area contributed by atoms with E-state index < -0.39 is 0 Å². The molecule has 100 valence electrons. The Kier molecular flexibility index (Phi) is 6.44. The topological polar surface area (TPSA) is 38.3 Å². The summed E-state index contributed by atoms with van der Waals surface area (Å²) in [4.78, 5) is 11.1. The molecule has 0 aliphatic carbocycles. The average Bonchev–Trinajstić information content (AvgIpc) is 2.35. The van der Waals surface area contributed by atoms with Gasteiger partial charge in [0.25, 0.3) is 0 Å². The molecule has 0 saturated heterocycles. The van der Waals surface area contributed by atoms with Crippen LogP contribution in [0.4, 0.5) is 0 Å². The Labute approximate surface area is 110 Å². The molecule has 3 nitrogen and oxygen atoms in total. The number of aryl methyl sites for hydroxylation is 1. The van der Waals surface area contributed by atoms with Gasteiger partial charge in [-0.1, -0.05) is 29.8 Å². The van der Waals surface area contributed by atoms with Gasteiger partial charge < -0.3 is 10.1 Å². The third-order valence-corrected chi connectivity index (χ3v) is 2.89. The summed E-state index contributed by atoms with van der Waals surface area (Å²) in [5.74, 6) is -0.109. The van der Waals surface area contributed by atoms with E-state index >= 15 is 0 Å². The van der Waals surface area contributed by atoms with E-state index in [1.54, 1.807) is 0 Å². The Hall–Kier alpha value is -1.35. The van der Waals surface area contributed by atoms with Crippen LogP contribution in [-0.2, 0) is 9.53 Å². The third-order valence-electron chi connectivity index (χ3n) is 2.89. The number of carbonyl (C=O) groups excluding carboxylic acids is 1. The zero-order valence-electron chi connectivity index (χ0n) is 11.5. The zero-order valence-corrected chi connectivity index (χ0v) is 11.5. The van der Waals surface area contributed by atoms with Gasteiger partial charge in [-0.3, -0.25) is 4.79 Å². The Morgan fingerprint density at radius 1 is 1.33 bits per heavy atom. The highest BCUT2D eigenvalue weighted by Crippen LogP contribution is 2.12. The van der Waals surface area contributed by atoms with E-state index in [0.29, 0.717) is 19.1 Å². The van der Waals surface area contributed by atoms with Crippen molar-refractivity contribution in [3.63, 3.8) is 0 Å². The molecule has 0 bridgehead atoms. The first-order valence-corrected chi connectivity index (χ1v) is 6.59. The van der Waals surface area contributed by atoms with Crippen LogP contribution in [0.5, 0.6) is 0 Å². The molecular formula is C15H23NO2. The van der Waals surface area contributed by atoms with Crippen molar-refractivity contribution in [3.8, 4) is 0 Å². The SMILES string of the molecule is CCOC(=O)CCCNC(C)c1ccc(C)cc1. The fourth-order valence-corrected chi connectivity index (χ4v) is 1.76. The molecule has 1 aromatic carbocycles. The van der Waals surface area contributed by atoms with Gasteiger partial charge in [-0.05, 0) is 39.3 Å². The second-order valence-electron chi connectivity index (χ2n) is 4.50. The summed E-state index contributed by atoms with van der Waals surface area (Å²) in [6.45, 7) is 7.34. The molecule has 0 saturated carbocycles.